The van der Waals surface area contributed by atoms with E-state index in [9.17, 15) is 13.2 Å². The predicted octanol–water partition coefficient (Wildman–Crippen LogP) is 4.47. The lowest BCUT2D eigenvalue weighted by Crippen LogP contribution is -2.11. The van der Waals surface area contributed by atoms with Crippen molar-refractivity contribution in [1.82, 2.24) is 10.2 Å². The number of hydrogen-bond acceptors (Lipinski definition) is 5. The Bertz CT molecular complexity index is 1300. The minimum Gasteiger partial charge on any atom is -0.322 e. The molecule has 7 heteroatoms. The van der Waals surface area contributed by atoms with Crippen molar-refractivity contribution in [2.75, 3.05) is 11.6 Å². The summed E-state index contributed by atoms with van der Waals surface area (Å²) in [7, 11) is -3.39. The van der Waals surface area contributed by atoms with Gasteiger partial charge in [-0.2, -0.15) is 0 Å². The predicted molar refractivity (Wildman–Crippen MR) is 120 cm³/mol. The van der Waals surface area contributed by atoms with Gasteiger partial charge in [0.15, 0.2) is 14.9 Å². The van der Waals surface area contributed by atoms with Crippen LogP contribution in [0.25, 0.3) is 22.4 Å². The van der Waals surface area contributed by atoms with Gasteiger partial charge in [-0.1, -0.05) is 54.6 Å². The number of rotatable bonds is 5. The lowest BCUT2D eigenvalue weighted by molar-refractivity contribution is 0.102. The van der Waals surface area contributed by atoms with E-state index in [1.807, 2.05) is 42.5 Å². The van der Waals surface area contributed by atoms with Gasteiger partial charge in [0, 0.05) is 23.1 Å². The number of nitrogens with zero attached hydrogens (tertiary/aromatic N) is 2. The molecular formula is C24H19N3O3S. The summed E-state index contributed by atoms with van der Waals surface area (Å²) in [5.41, 5.74) is 4.65. The van der Waals surface area contributed by atoms with E-state index in [-0.39, 0.29) is 10.9 Å². The van der Waals surface area contributed by atoms with Crippen LogP contribution >= 0.6 is 0 Å². The van der Waals surface area contributed by atoms with Gasteiger partial charge in [-0.3, -0.25) is 4.79 Å². The number of carbonyl (C=O) groups is 1. The van der Waals surface area contributed by atoms with E-state index in [1.165, 1.54) is 6.07 Å². The normalized spacial score (nSPS) is 11.1. The minimum absolute atomic E-state index is 0.0709. The number of carbonyl (C=O) groups excluding carboxylic acids is 1. The Morgan fingerprint density at radius 2 is 1.32 bits per heavy atom. The fourth-order valence-electron chi connectivity index (χ4n) is 3.04. The Morgan fingerprint density at radius 1 is 0.710 bits per heavy atom. The molecule has 0 bridgehead atoms. The minimum atomic E-state index is -3.39. The summed E-state index contributed by atoms with van der Waals surface area (Å²) in [5, 5.41) is 10.5. The summed E-state index contributed by atoms with van der Waals surface area (Å²) in [6.45, 7) is 0. The Labute approximate surface area is 180 Å². The highest BCUT2D eigenvalue weighted by molar-refractivity contribution is 7.90. The maximum atomic E-state index is 12.6. The average molecular weight is 430 g/mol. The van der Waals surface area contributed by atoms with Crippen molar-refractivity contribution >= 4 is 21.4 Å². The van der Waals surface area contributed by atoms with Crippen LogP contribution in [0.3, 0.4) is 0 Å². The molecule has 31 heavy (non-hydrogen) atoms. The third-order valence-corrected chi connectivity index (χ3v) is 5.69. The lowest BCUT2D eigenvalue weighted by atomic mass is 10.0. The first-order chi connectivity index (χ1) is 14.9. The molecule has 1 aromatic heterocycles. The fraction of sp³-hybridized carbons (Fsp3) is 0.0417. The first-order valence-corrected chi connectivity index (χ1v) is 11.4. The van der Waals surface area contributed by atoms with E-state index in [0.717, 1.165) is 22.9 Å². The molecule has 0 radical (unpaired) electrons. The number of nitrogens with one attached hydrogen (secondary N) is 1. The van der Waals surface area contributed by atoms with E-state index >= 15 is 0 Å². The van der Waals surface area contributed by atoms with Gasteiger partial charge in [0.2, 0.25) is 0 Å². The van der Waals surface area contributed by atoms with Crippen LogP contribution in [0.4, 0.5) is 5.69 Å². The summed E-state index contributed by atoms with van der Waals surface area (Å²) in [6.07, 6.45) is 1.09. The van der Waals surface area contributed by atoms with Gasteiger partial charge in [-0.25, -0.2) is 8.42 Å². The van der Waals surface area contributed by atoms with Crippen molar-refractivity contribution in [1.29, 1.82) is 0 Å². The van der Waals surface area contributed by atoms with E-state index in [0.29, 0.717) is 16.9 Å². The lowest BCUT2D eigenvalue weighted by Gasteiger charge is -2.08. The molecule has 0 aliphatic carbocycles. The highest BCUT2D eigenvalue weighted by Crippen LogP contribution is 2.22. The van der Waals surface area contributed by atoms with Crippen LogP contribution in [0.2, 0.25) is 0 Å². The molecule has 0 saturated carbocycles. The van der Waals surface area contributed by atoms with Crippen molar-refractivity contribution in [3.63, 3.8) is 0 Å². The number of benzene rings is 3. The van der Waals surface area contributed by atoms with E-state index in [4.69, 9.17) is 0 Å². The molecule has 3 aromatic carbocycles. The van der Waals surface area contributed by atoms with Gasteiger partial charge in [0.1, 0.15) is 0 Å². The molecule has 0 aliphatic rings. The Kier molecular flexibility index (Phi) is 5.60. The highest BCUT2D eigenvalue weighted by atomic mass is 32.2. The van der Waals surface area contributed by atoms with Crippen molar-refractivity contribution in [3.8, 4) is 22.4 Å². The molecule has 0 fully saturated rings. The molecule has 154 valence electrons. The van der Waals surface area contributed by atoms with Crippen LogP contribution in [0.5, 0.6) is 0 Å². The molecular weight excluding hydrogens is 410 g/mol. The van der Waals surface area contributed by atoms with Gasteiger partial charge in [-0.05, 0) is 47.5 Å². The van der Waals surface area contributed by atoms with E-state index in [1.54, 1.807) is 42.5 Å². The standard InChI is InChI=1S/C24H19N3O3S/c1-31(29,30)23-16-15-22(26-27-23)19-11-13-21(14-12-19)25-24(28)20-9-7-18(8-10-20)17-5-3-2-4-6-17/h2-16H,1H3,(H,25,28). The van der Waals surface area contributed by atoms with Crippen molar-refractivity contribution in [2.45, 2.75) is 5.03 Å². The van der Waals surface area contributed by atoms with Gasteiger partial charge < -0.3 is 5.32 Å². The largest absolute Gasteiger partial charge is 0.322 e. The zero-order chi connectivity index (χ0) is 21.8. The molecule has 1 amide bonds. The van der Waals surface area contributed by atoms with Crippen molar-refractivity contribution in [2.24, 2.45) is 0 Å². The van der Waals surface area contributed by atoms with E-state index < -0.39 is 9.84 Å². The third kappa shape index (κ3) is 4.84. The van der Waals surface area contributed by atoms with Crippen molar-refractivity contribution < 1.29 is 13.2 Å². The van der Waals surface area contributed by atoms with Gasteiger partial charge in [0.25, 0.3) is 5.91 Å². The zero-order valence-electron chi connectivity index (χ0n) is 16.7. The van der Waals surface area contributed by atoms with Crippen LogP contribution in [0.1, 0.15) is 10.4 Å². The molecule has 1 N–H and O–H groups in total. The number of anilines is 1. The van der Waals surface area contributed by atoms with Gasteiger partial charge in [0.05, 0.1) is 5.69 Å². The van der Waals surface area contributed by atoms with Crippen molar-refractivity contribution in [3.05, 3.63) is 96.6 Å². The topological polar surface area (TPSA) is 89.0 Å². The summed E-state index contributed by atoms with van der Waals surface area (Å²) in [4.78, 5) is 12.6. The van der Waals surface area contributed by atoms with E-state index in [2.05, 4.69) is 15.5 Å². The van der Waals surface area contributed by atoms with Gasteiger partial charge in [-0.15, -0.1) is 10.2 Å². The second-order valence-electron chi connectivity index (χ2n) is 7.00. The maximum Gasteiger partial charge on any atom is 0.255 e. The third-order valence-electron chi connectivity index (χ3n) is 4.71. The number of amides is 1. The zero-order valence-corrected chi connectivity index (χ0v) is 17.5. The molecule has 0 aliphatic heterocycles. The van der Waals surface area contributed by atoms with Crippen LogP contribution in [0.15, 0.2) is 96.0 Å². The second-order valence-corrected chi connectivity index (χ2v) is 8.97. The quantitative estimate of drug-likeness (QED) is 0.506. The Hall–Kier alpha value is -3.84. The Balaban J connectivity index is 1.44. The molecule has 0 saturated heterocycles. The number of hydrogen-bond donors (Lipinski definition) is 1. The molecule has 6 nitrogen and oxygen atoms in total. The van der Waals surface area contributed by atoms with Crippen LogP contribution in [0, 0.1) is 0 Å². The summed E-state index contributed by atoms with van der Waals surface area (Å²) in [6, 6.07) is 27.5. The van der Waals surface area contributed by atoms with Crippen LogP contribution in [-0.4, -0.2) is 30.8 Å². The SMILES string of the molecule is CS(=O)(=O)c1ccc(-c2ccc(NC(=O)c3ccc(-c4ccccc4)cc3)cc2)nn1. The van der Waals surface area contributed by atoms with Crippen LogP contribution < -0.4 is 5.32 Å². The summed E-state index contributed by atoms with van der Waals surface area (Å²) < 4.78 is 23.0. The Morgan fingerprint density at radius 3 is 1.90 bits per heavy atom. The fourth-order valence-corrected chi connectivity index (χ4v) is 3.55. The molecule has 0 spiro atoms. The second kappa shape index (κ2) is 8.49. The first kappa shape index (κ1) is 20.4. The van der Waals surface area contributed by atoms with Crippen LogP contribution in [-0.2, 0) is 9.84 Å². The highest BCUT2D eigenvalue weighted by Gasteiger charge is 2.11. The number of aromatic nitrogens is 2. The summed E-state index contributed by atoms with van der Waals surface area (Å²) in [5.74, 6) is -0.204. The van der Waals surface area contributed by atoms with Gasteiger partial charge >= 0.3 is 0 Å². The molecule has 0 atom stereocenters. The molecule has 4 aromatic rings. The monoisotopic (exact) mass is 429 g/mol. The smallest absolute Gasteiger partial charge is 0.255 e. The molecule has 4 rings (SSSR count). The number of sulfone groups is 1. The molecule has 1 heterocycles. The average Bonchev–Trinajstić information content (AvgIpc) is 2.80. The summed E-state index contributed by atoms with van der Waals surface area (Å²) >= 11 is 0. The maximum absolute atomic E-state index is 12.6. The molecule has 0 unspecified atom stereocenters. The first-order valence-electron chi connectivity index (χ1n) is 9.51.